The average Bonchev–Trinajstić information content (AvgIpc) is 2.37. The minimum Gasteiger partial charge on any atom is -0.324 e. The highest BCUT2D eigenvalue weighted by Crippen LogP contribution is 2.27. The van der Waals surface area contributed by atoms with Crippen molar-refractivity contribution >= 4 is 26.0 Å². The van der Waals surface area contributed by atoms with Crippen LogP contribution in [0.2, 0.25) is 0 Å². The summed E-state index contributed by atoms with van der Waals surface area (Å²) in [5, 5.41) is 0. The van der Waals surface area contributed by atoms with E-state index in [1.807, 2.05) is 6.92 Å². The van der Waals surface area contributed by atoms with Gasteiger partial charge in [0.25, 0.3) is 0 Å². The molecule has 1 aliphatic rings. The molecule has 0 atom stereocenters. The molecule has 0 saturated heterocycles. The summed E-state index contributed by atoms with van der Waals surface area (Å²) in [5.41, 5.74) is 6.88. The van der Waals surface area contributed by atoms with Crippen LogP contribution in [0, 0.1) is 6.92 Å². The largest absolute Gasteiger partial charge is 0.324 e. The van der Waals surface area contributed by atoms with Crippen LogP contribution in [0.5, 0.6) is 0 Å². The minimum absolute atomic E-state index is 0.266. The van der Waals surface area contributed by atoms with Crippen LogP contribution in [0.4, 0.5) is 0 Å². The minimum atomic E-state index is -3.52. The van der Waals surface area contributed by atoms with Crippen molar-refractivity contribution in [2.75, 3.05) is 6.54 Å². The Morgan fingerprint density at radius 2 is 1.95 bits per heavy atom. The van der Waals surface area contributed by atoms with Gasteiger partial charge < -0.3 is 5.73 Å². The molecule has 1 aliphatic carbocycles. The van der Waals surface area contributed by atoms with Crippen molar-refractivity contribution in [3.8, 4) is 0 Å². The summed E-state index contributed by atoms with van der Waals surface area (Å²) < 4.78 is 28.0. The molecule has 0 amide bonds. The summed E-state index contributed by atoms with van der Waals surface area (Å²) in [6.07, 6.45) is 5.10. The van der Waals surface area contributed by atoms with Gasteiger partial charge in [0.2, 0.25) is 10.0 Å². The Kier molecular flexibility index (Phi) is 4.89. The summed E-state index contributed by atoms with van der Waals surface area (Å²) in [5.74, 6) is 0. The first-order valence-corrected chi connectivity index (χ1v) is 9.15. The fourth-order valence-corrected chi connectivity index (χ4v) is 4.90. The molecule has 0 aromatic heterocycles. The van der Waals surface area contributed by atoms with Gasteiger partial charge in [0.05, 0.1) is 4.90 Å². The van der Waals surface area contributed by atoms with Crippen molar-refractivity contribution < 1.29 is 8.42 Å². The topological polar surface area (TPSA) is 72.2 Å². The van der Waals surface area contributed by atoms with E-state index in [9.17, 15) is 8.42 Å². The highest BCUT2D eigenvalue weighted by atomic mass is 79.9. The first kappa shape index (κ1) is 15.9. The molecule has 1 aromatic carbocycles. The number of hydrogen-bond donors (Lipinski definition) is 2. The molecule has 1 fully saturated rings. The van der Waals surface area contributed by atoms with Gasteiger partial charge in [-0.2, -0.15) is 0 Å². The van der Waals surface area contributed by atoms with Gasteiger partial charge in [0.1, 0.15) is 0 Å². The Bertz CT molecular complexity index is 581. The first-order valence-electron chi connectivity index (χ1n) is 6.87. The molecular formula is C14H21BrN2O2S. The third kappa shape index (κ3) is 3.81. The van der Waals surface area contributed by atoms with Gasteiger partial charge in [-0.05, 0) is 53.4 Å². The van der Waals surface area contributed by atoms with Gasteiger partial charge in [-0.25, -0.2) is 13.1 Å². The number of hydrogen-bond acceptors (Lipinski definition) is 3. The Hall–Kier alpha value is -0.430. The third-order valence-corrected chi connectivity index (χ3v) is 6.22. The number of nitrogens with one attached hydrogen (secondary N) is 1. The molecule has 0 bridgehead atoms. The summed E-state index contributed by atoms with van der Waals surface area (Å²) in [4.78, 5) is 0.266. The van der Waals surface area contributed by atoms with E-state index in [0.29, 0.717) is 11.0 Å². The maximum atomic E-state index is 12.4. The Balaban J connectivity index is 2.11. The van der Waals surface area contributed by atoms with Gasteiger partial charge in [0, 0.05) is 16.6 Å². The molecule has 20 heavy (non-hydrogen) atoms. The van der Waals surface area contributed by atoms with Crippen molar-refractivity contribution in [3.05, 3.63) is 28.2 Å². The zero-order valence-corrected chi connectivity index (χ0v) is 14.1. The lowest BCUT2D eigenvalue weighted by Crippen LogP contribution is -2.51. The van der Waals surface area contributed by atoms with Crippen LogP contribution in [-0.2, 0) is 10.0 Å². The van der Waals surface area contributed by atoms with E-state index in [2.05, 4.69) is 20.7 Å². The lowest BCUT2D eigenvalue weighted by molar-refractivity contribution is 0.296. The monoisotopic (exact) mass is 360 g/mol. The molecule has 3 N–H and O–H groups in total. The smallest absolute Gasteiger partial charge is 0.241 e. The second kappa shape index (κ2) is 6.13. The maximum Gasteiger partial charge on any atom is 0.241 e. The van der Waals surface area contributed by atoms with Crippen LogP contribution in [-0.4, -0.2) is 20.5 Å². The molecule has 0 aliphatic heterocycles. The molecule has 0 heterocycles. The van der Waals surface area contributed by atoms with Gasteiger partial charge in [-0.1, -0.05) is 25.3 Å². The summed E-state index contributed by atoms with van der Waals surface area (Å²) in [7, 11) is -3.52. The average molecular weight is 361 g/mol. The SMILES string of the molecule is Cc1ccc(S(=O)(=O)NCC2(N)CCCCC2)c(Br)c1. The van der Waals surface area contributed by atoms with Crippen LogP contribution < -0.4 is 10.5 Å². The fourth-order valence-electron chi connectivity index (χ4n) is 2.57. The zero-order chi connectivity index (χ0) is 14.8. The van der Waals surface area contributed by atoms with Gasteiger partial charge in [0.15, 0.2) is 0 Å². The van der Waals surface area contributed by atoms with Crippen molar-refractivity contribution in [2.45, 2.75) is 49.5 Å². The number of rotatable bonds is 4. The van der Waals surface area contributed by atoms with Gasteiger partial charge in [-0.15, -0.1) is 0 Å². The number of sulfonamides is 1. The highest BCUT2D eigenvalue weighted by molar-refractivity contribution is 9.10. The van der Waals surface area contributed by atoms with Crippen molar-refractivity contribution in [1.29, 1.82) is 0 Å². The van der Waals surface area contributed by atoms with E-state index >= 15 is 0 Å². The first-order chi connectivity index (χ1) is 9.32. The zero-order valence-electron chi connectivity index (χ0n) is 11.7. The van der Waals surface area contributed by atoms with Crippen molar-refractivity contribution in [1.82, 2.24) is 4.72 Å². The molecule has 0 radical (unpaired) electrons. The number of halogens is 1. The van der Waals surface area contributed by atoms with E-state index in [1.165, 1.54) is 6.42 Å². The summed E-state index contributed by atoms with van der Waals surface area (Å²) in [6.45, 7) is 2.22. The molecule has 1 aromatic rings. The molecule has 4 nitrogen and oxygen atoms in total. The lowest BCUT2D eigenvalue weighted by atomic mass is 9.83. The quantitative estimate of drug-likeness (QED) is 0.866. The molecule has 0 unspecified atom stereocenters. The predicted octanol–water partition coefficient (Wildman–Crippen LogP) is 2.70. The molecule has 2 rings (SSSR count). The maximum absolute atomic E-state index is 12.4. The third-order valence-electron chi connectivity index (χ3n) is 3.84. The lowest BCUT2D eigenvalue weighted by Gasteiger charge is -2.33. The molecule has 6 heteroatoms. The van der Waals surface area contributed by atoms with E-state index < -0.39 is 15.6 Å². The summed E-state index contributed by atoms with van der Waals surface area (Å²) in [6, 6.07) is 5.21. The normalized spacial score (nSPS) is 18.9. The fraction of sp³-hybridized carbons (Fsp3) is 0.571. The van der Waals surface area contributed by atoms with Crippen LogP contribution in [0.25, 0.3) is 0 Å². The number of nitrogens with two attached hydrogens (primary N) is 1. The molecule has 0 spiro atoms. The van der Waals surface area contributed by atoms with E-state index in [4.69, 9.17) is 5.73 Å². The van der Waals surface area contributed by atoms with Crippen molar-refractivity contribution in [3.63, 3.8) is 0 Å². The number of benzene rings is 1. The molecule has 1 saturated carbocycles. The van der Waals surface area contributed by atoms with Crippen molar-refractivity contribution in [2.24, 2.45) is 5.73 Å². The Morgan fingerprint density at radius 3 is 2.55 bits per heavy atom. The Morgan fingerprint density at radius 1 is 1.30 bits per heavy atom. The van der Waals surface area contributed by atoms with Crippen LogP contribution in [0.15, 0.2) is 27.6 Å². The predicted molar refractivity (Wildman–Crippen MR) is 84.1 cm³/mol. The van der Waals surface area contributed by atoms with Gasteiger partial charge in [-0.3, -0.25) is 0 Å². The number of aryl methyl sites for hydroxylation is 1. The van der Waals surface area contributed by atoms with E-state index in [0.717, 1.165) is 31.2 Å². The second-order valence-electron chi connectivity index (χ2n) is 5.68. The van der Waals surface area contributed by atoms with E-state index in [1.54, 1.807) is 18.2 Å². The second-order valence-corrected chi connectivity index (χ2v) is 8.27. The van der Waals surface area contributed by atoms with Crippen LogP contribution in [0.3, 0.4) is 0 Å². The Labute approximate surface area is 129 Å². The van der Waals surface area contributed by atoms with Gasteiger partial charge >= 0.3 is 0 Å². The van der Waals surface area contributed by atoms with Crippen LogP contribution in [0.1, 0.15) is 37.7 Å². The van der Waals surface area contributed by atoms with E-state index in [-0.39, 0.29) is 4.90 Å². The standard InChI is InChI=1S/C14H21BrN2O2S/c1-11-5-6-13(12(15)9-11)20(18,19)17-10-14(16)7-3-2-4-8-14/h5-6,9,17H,2-4,7-8,10,16H2,1H3. The summed E-state index contributed by atoms with van der Waals surface area (Å²) >= 11 is 3.31. The van der Waals surface area contributed by atoms with Crippen LogP contribution >= 0.6 is 15.9 Å². The molecular weight excluding hydrogens is 340 g/mol. The molecule has 112 valence electrons. The highest BCUT2D eigenvalue weighted by Gasteiger charge is 2.29.